The van der Waals surface area contributed by atoms with Crippen molar-refractivity contribution >= 4 is 5.82 Å². The summed E-state index contributed by atoms with van der Waals surface area (Å²) in [6.45, 7) is 4.80. The van der Waals surface area contributed by atoms with Crippen molar-refractivity contribution < 1.29 is 8.78 Å². The van der Waals surface area contributed by atoms with Crippen LogP contribution < -0.4 is 5.32 Å². The lowest BCUT2D eigenvalue weighted by atomic mass is 10.1. The van der Waals surface area contributed by atoms with Crippen molar-refractivity contribution in [2.45, 2.75) is 33.1 Å². The standard InChI is InChI=1S/C16H19F2N3/c1-3-6-14-20-13(10-15(21-14)19-9-4-2)16-11(17)7-5-8-12(16)18/h5,7-8,10H,3-4,6,9H2,1-2H3,(H,19,20,21). The highest BCUT2D eigenvalue weighted by atomic mass is 19.1. The molecule has 0 unspecified atom stereocenters. The number of aryl methyl sites for hydroxylation is 1. The predicted molar refractivity (Wildman–Crippen MR) is 80.2 cm³/mol. The summed E-state index contributed by atoms with van der Waals surface area (Å²) < 4.78 is 27.8. The molecule has 1 N–H and O–H groups in total. The first-order valence-corrected chi connectivity index (χ1v) is 7.22. The smallest absolute Gasteiger partial charge is 0.135 e. The lowest BCUT2D eigenvalue weighted by Crippen LogP contribution is -2.07. The molecule has 5 heteroatoms. The Hall–Kier alpha value is -2.04. The zero-order chi connectivity index (χ0) is 15.2. The normalized spacial score (nSPS) is 10.7. The predicted octanol–water partition coefficient (Wildman–Crippen LogP) is 4.20. The van der Waals surface area contributed by atoms with Crippen LogP contribution in [0.4, 0.5) is 14.6 Å². The second-order valence-electron chi connectivity index (χ2n) is 4.83. The molecule has 2 rings (SSSR count). The van der Waals surface area contributed by atoms with Crippen molar-refractivity contribution in [1.29, 1.82) is 0 Å². The first-order chi connectivity index (χ1) is 10.2. The molecule has 0 atom stereocenters. The number of hydrogen-bond acceptors (Lipinski definition) is 3. The summed E-state index contributed by atoms with van der Waals surface area (Å²) in [7, 11) is 0. The van der Waals surface area contributed by atoms with Crippen LogP contribution in [0.2, 0.25) is 0 Å². The molecule has 0 aliphatic carbocycles. The van der Waals surface area contributed by atoms with E-state index in [1.807, 2.05) is 13.8 Å². The maximum absolute atomic E-state index is 13.9. The number of anilines is 1. The minimum Gasteiger partial charge on any atom is -0.370 e. The van der Waals surface area contributed by atoms with E-state index < -0.39 is 11.6 Å². The van der Waals surface area contributed by atoms with Crippen LogP contribution in [0.3, 0.4) is 0 Å². The molecule has 0 saturated heterocycles. The van der Waals surface area contributed by atoms with Gasteiger partial charge in [-0.2, -0.15) is 0 Å². The van der Waals surface area contributed by atoms with Crippen LogP contribution >= 0.6 is 0 Å². The number of halogens is 2. The molecule has 0 saturated carbocycles. The summed E-state index contributed by atoms with van der Waals surface area (Å²) in [5.41, 5.74) is 0.180. The molecule has 0 aliphatic rings. The van der Waals surface area contributed by atoms with Crippen LogP contribution in [0.15, 0.2) is 24.3 Å². The topological polar surface area (TPSA) is 37.8 Å². The second kappa shape index (κ2) is 7.11. The number of nitrogens with zero attached hydrogens (tertiary/aromatic N) is 2. The quantitative estimate of drug-likeness (QED) is 0.867. The van der Waals surface area contributed by atoms with E-state index in [1.165, 1.54) is 18.2 Å². The highest BCUT2D eigenvalue weighted by Crippen LogP contribution is 2.26. The third-order valence-electron chi connectivity index (χ3n) is 3.02. The lowest BCUT2D eigenvalue weighted by molar-refractivity contribution is 0.588. The molecule has 0 spiro atoms. The Balaban J connectivity index is 2.48. The van der Waals surface area contributed by atoms with Crippen LogP contribution in [0.5, 0.6) is 0 Å². The largest absolute Gasteiger partial charge is 0.370 e. The summed E-state index contributed by atoms with van der Waals surface area (Å²) in [4.78, 5) is 8.67. The first-order valence-electron chi connectivity index (χ1n) is 7.22. The lowest BCUT2D eigenvalue weighted by Gasteiger charge is -2.10. The molecule has 0 bridgehead atoms. The number of benzene rings is 1. The molecule has 112 valence electrons. The zero-order valence-corrected chi connectivity index (χ0v) is 12.3. The van der Waals surface area contributed by atoms with E-state index >= 15 is 0 Å². The van der Waals surface area contributed by atoms with Gasteiger partial charge in [0.2, 0.25) is 0 Å². The van der Waals surface area contributed by atoms with Crippen molar-refractivity contribution in [3.63, 3.8) is 0 Å². The fourth-order valence-corrected chi connectivity index (χ4v) is 2.05. The van der Waals surface area contributed by atoms with Gasteiger partial charge in [0.1, 0.15) is 23.3 Å². The summed E-state index contributed by atoms with van der Waals surface area (Å²) in [6, 6.07) is 5.41. The van der Waals surface area contributed by atoms with Crippen LogP contribution in [-0.2, 0) is 6.42 Å². The van der Waals surface area contributed by atoms with Gasteiger partial charge in [0.05, 0.1) is 11.3 Å². The van der Waals surface area contributed by atoms with Crippen molar-refractivity contribution in [3.05, 3.63) is 41.7 Å². The van der Waals surface area contributed by atoms with E-state index in [1.54, 1.807) is 6.07 Å². The fraction of sp³-hybridized carbons (Fsp3) is 0.375. The first kappa shape index (κ1) is 15.4. The van der Waals surface area contributed by atoms with Gasteiger partial charge in [-0.15, -0.1) is 0 Å². The number of rotatable bonds is 6. The molecule has 1 aromatic carbocycles. The van der Waals surface area contributed by atoms with Crippen LogP contribution in [0.1, 0.15) is 32.5 Å². The molecule has 1 heterocycles. The Labute approximate surface area is 123 Å². The van der Waals surface area contributed by atoms with Crippen molar-refractivity contribution in [1.82, 2.24) is 9.97 Å². The van der Waals surface area contributed by atoms with Crippen LogP contribution in [0.25, 0.3) is 11.3 Å². The third-order valence-corrected chi connectivity index (χ3v) is 3.02. The summed E-state index contributed by atoms with van der Waals surface area (Å²) in [5, 5.41) is 3.15. The van der Waals surface area contributed by atoms with Gasteiger partial charge >= 0.3 is 0 Å². The van der Waals surface area contributed by atoms with Gasteiger partial charge in [-0.05, 0) is 25.0 Å². The summed E-state index contributed by atoms with van der Waals surface area (Å²) in [5.74, 6) is -0.0283. The van der Waals surface area contributed by atoms with E-state index in [9.17, 15) is 8.78 Å². The molecule has 21 heavy (non-hydrogen) atoms. The minimum atomic E-state index is -0.613. The molecule has 0 fully saturated rings. The number of nitrogens with one attached hydrogen (secondary N) is 1. The zero-order valence-electron chi connectivity index (χ0n) is 12.3. The molecular formula is C16H19F2N3. The highest BCUT2D eigenvalue weighted by molar-refractivity contribution is 5.64. The third kappa shape index (κ3) is 3.74. The van der Waals surface area contributed by atoms with E-state index in [-0.39, 0.29) is 11.3 Å². The highest BCUT2D eigenvalue weighted by Gasteiger charge is 2.14. The maximum atomic E-state index is 13.9. The molecule has 0 amide bonds. The van der Waals surface area contributed by atoms with Crippen molar-refractivity contribution in [2.75, 3.05) is 11.9 Å². The Morgan fingerprint density at radius 1 is 1.05 bits per heavy atom. The number of aromatic nitrogens is 2. The second-order valence-corrected chi connectivity index (χ2v) is 4.83. The van der Waals surface area contributed by atoms with E-state index in [2.05, 4.69) is 15.3 Å². The van der Waals surface area contributed by atoms with Gasteiger partial charge in [0.25, 0.3) is 0 Å². The summed E-state index contributed by atoms with van der Waals surface area (Å²) in [6.07, 6.45) is 2.48. The fourth-order valence-electron chi connectivity index (χ4n) is 2.05. The molecular weight excluding hydrogens is 272 g/mol. The Bertz CT molecular complexity index is 594. The van der Waals surface area contributed by atoms with Gasteiger partial charge in [0.15, 0.2) is 0 Å². The maximum Gasteiger partial charge on any atom is 0.135 e. The average molecular weight is 291 g/mol. The Morgan fingerprint density at radius 3 is 2.38 bits per heavy atom. The molecule has 2 aromatic rings. The van der Waals surface area contributed by atoms with E-state index in [0.29, 0.717) is 18.1 Å². The van der Waals surface area contributed by atoms with Crippen molar-refractivity contribution in [2.24, 2.45) is 0 Å². The van der Waals surface area contributed by atoms with Gasteiger partial charge in [-0.3, -0.25) is 0 Å². The SMILES string of the molecule is CCCNc1cc(-c2c(F)cccc2F)nc(CCC)n1. The monoisotopic (exact) mass is 291 g/mol. The average Bonchev–Trinajstić information content (AvgIpc) is 2.45. The van der Waals surface area contributed by atoms with E-state index in [4.69, 9.17) is 0 Å². The van der Waals surface area contributed by atoms with Crippen LogP contribution in [-0.4, -0.2) is 16.5 Å². The molecule has 0 radical (unpaired) electrons. The van der Waals surface area contributed by atoms with Crippen LogP contribution in [0, 0.1) is 11.6 Å². The van der Waals surface area contributed by atoms with Crippen molar-refractivity contribution in [3.8, 4) is 11.3 Å². The van der Waals surface area contributed by atoms with E-state index in [0.717, 1.165) is 19.4 Å². The van der Waals surface area contributed by atoms with Gasteiger partial charge < -0.3 is 5.32 Å². The van der Waals surface area contributed by atoms with Gasteiger partial charge in [0, 0.05) is 19.0 Å². The molecule has 0 aliphatic heterocycles. The number of hydrogen-bond donors (Lipinski definition) is 1. The minimum absolute atomic E-state index is 0.100. The Morgan fingerprint density at radius 2 is 1.76 bits per heavy atom. The van der Waals surface area contributed by atoms with Gasteiger partial charge in [-0.25, -0.2) is 18.7 Å². The van der Waals surface area contributed by atoms with Gasteiger partial charge in [-0.1, -0.05) is 19.9 Å². The summed E-state index contributed by atoms with van der Waals surface area (Å²) >= 11 is 0. The molecule has 1 aromatic heterocycles. The molecule has 3 nitrogen and oxygen atoms in total. The Kier molecular flexibility index (Phi) is 5.20.